The highest BCUT2D eigenvalue weighted by atomic mass is 16.2. The molecule has 1 atom stereocenters. The fourth-order valence-electron chi connectivity index (χ4n) is 3.15. The summed E-state index contributed by atoms with van der Waals surface area (Å²) in [5, 5.41) is 0. The highest BCUT2D eigenvalue weighted by molar-refractivity contribution is 5.94. The first-order valence-corrected chi connectivity index (χ1v) is 8.39. The van der Waals surface area contributed by atoms with Crippen LogP contribution in [0.3, 0.4) is 0 Å². The van der Waals surface area contributed by atoms with Gasteiger partial charge in [-0.1, -0.05) is 39.8 Å². The minimum absolute atomic E-state index is 0.126. The molecule has 3 heteroatoms. The van der Waals surface area contributed by atoms with E-state index in [1.807, 2.05) is 24.1 Å². The normalized spacial score (nSPS) is 19.4. The SMILES string of the molecule is CCN1CCC(CN(C)C(=O)c2ccc(C(C)(C)C)cc2)C1. The molecule has 122 valence electrons. The van der Waals surface area contributed by atoms with Crippen molar-refractivity contribution in [1.29, 1.82) is 0 Å². The maximum Gasteiger partial charge on any atom is 0.253 e. The lowest BCUT2D eigenvalue weighted by molar-refractivity contribution is 0.0773. The number of amides is 1. The molecule has 1 fully saturated rings. The number of hydrogen-bond acceptors (Lipinski definition) is 2. The van der Waals surface area contributed by atoms with Crippen LogP contribution in [0.25, 0.3) is 0 Å². The molecule has 1 aromatic rings. The summed E-state index contributed by atoms with van der Waals surface area (Å²) >= 11 is 0. The Hall–Kier alpha value is -1.35. The molecule has 2 rings (SSSR count). The summed E-state index contributed by atoms with van der Waals surface area (Å²) in [7, 11) is 1.93. The zero-order chi connectivity index (χ0) is 16.3. The topological polar surface area (TPSA) is 23.6 Å². The average Bonchev–Trinajstić information content (AvgIpc) is 2.93. The summed E-state index contributed by atoms with van der Waals surface area (Å²) in [6.07, 6.45) is 1.20. The molecule has 0 bridgehead atoms. The van der Waals surface area contributed by atoms with E-state index in [0.717, 1.165) is 25.2 Å². The highest BCUT2D eigenvalue weighted by Crippen LogP contribution is 2.23. The summed E-state index contributed by atoms with van der Waals surface area (Å²) in [5.74, 6) is 0.748. The molecule has 1 aliphatic rings. The fourth-order valence-corrected chi connectivity index (χ4v) is 3.15. The minimum Gasteiger partial charge on any atom is -0.341 e. The Morgan fingerprint density at radius 1 is 1.27 bits per heavy atom. The lowest BCUT2D eigenvalue weighted by atomic mass is 9.86. The van der Waals surface area contributed by atoms with E-state index in [0.29, 0.717) is 5.92 Å². The van der Waals surface area contributed by atoms with Crippen molar-refractivity contribution >= 4 is 5.91 Å². The monoisotopic (exact) mass is 302 g/mol. The van der Waals surface area contributed by atoms with E-state index in [9.17, 15) is 4.79 Å². The Bertz CT molecular complexity index is 501. The van der Waals surface area contributed by atoms with Crippen molar-refractivity contribution in [2.24, 2.45) is 5.92 Å². The minimum atomic E-state index is 0.126. The number of carbonyl (C=O) groups excluding carboxylic acids is 1. The summed E-state index contributed by atoms with van der Waals surface area (Å²) in [6, 6.07) is 8.09. The Morgan fingerprint density at radius 2 is 1.91 bits per heavy atom. The van der Waals surface area contributed by atoms with Gasteiger partial charge in [0, 0.05) is 25.7 Å². The quantitative estimate of drug-likeness (QED) is 0.851. The molecular weight excluding hydrogens is 272 g/mol. The van der Waals surface area contributed by atoms with Crippen molar-refractivity contribution in [3.63, 3.8) is 0 Å². The van der Waals surface area contributed by atoms with Crippen LogP contribution in [0.15, 0.2) is 24.3 Å². The number of rotatable bonds is 4. The lowest BCUT2D eigenvalue weighted by Crippen LogP contribution is -2.33. The van der Waals surface area contributed by atoms with E-state index in [1.165, 1.54) is 18.5 Å². The van der Waals surface area contributed by atoms with Crippen molar-refractivity contribution in [3.05, 3.63) is 35.4 Å². The Morgan fingerprint density at radius 3 is 2.41 bits per heavy atom. The van der Waals surface area contributed by atoms with E-state index < -0.39 is 0 Å². The predicted octanol–water partition coefficient (Wildman–Crippen LogP) is 3.40. The van der Waals surface area contributed by atoms with Gasteiger partial charge in [0.05, 0.1) is 0 Å². The van der Waals surface area contributed by atoms with Crippen LogP contribution < -0.4 is 0 Å². The second kappa shape index (κ2) is 6.82. The first kappa shape index (κ1) is 17.0. The molecule has 0 aliphatic carbocycles. The van der Waals surface area contributed by atoms with E-state index in [2.05, 4.69) is 44.7 Å². The van der Waals surface area contributed by atoms with Gasteiger partial charge in [0.1, 0.15) is 0 Å². The molecule has 1 aliphatic heterocycles. The molecule has 1 saturated heterocycles. The third-order valence-corrected chi connectivity index (χ3v) is 4.69. The van der Waals surface area contributed by atoms with Crippen molar-refractivity contribution in [1.82, 2.24) is 9.80 Å². The molecular formula is C19H30N2O. The van der Waals surface area contributed by atoms with Gasteiger partial charge in [0.25, 0.3) is 5.91 Å². The van der Waals surface area contributed by atoms with E-state index in [-0.39, 0.29) is 11.3 Å². The van der Waals surface area contributed by atoms with Crippen LogP contribution in [0, 0.1) is 5.92 Å². The standard InChI is InChI=1S/C19H30N2O/c1-6-21-12-11-15(14-21)13-20(5)18(22)16-7-9-17(10-8-16)19(2,3)4/h7-10,15H,6,11-14H2,1-5H3. The van der Waals surface area contributed by atoms with Gasteiger partial charge in [-0.2, -0.15) is 0 Å². The summed E-state index contributed by atoms with van der Waals surface area (Å²) in [4.78, 5) is 16.9. The van der Waals surface area contributed by atoms with Gasteiger partial charge in [-0.25, -0.2) is 0 Å². The maximum atomic E-state index is 12.6. The molecule has 22 heavy (non-hydrogen) atoms. The smallest absolute Gasteiger partial charge is 0.253 e. The van der Waals surface area contributed by atoms with Crippen LogP contribution in [0.1, 0.15) is 50.0 Å². The first-order chi connectivity index (χ1) is 10.3. The van der Waals surface area contributed by atoms with E-state index in [1.54, 1.807) is 0 Å². The molecule has 0 N–H and O–H groups in total. The van der Waals surface area contributed by atoms with Gasteiger partial charge in [-0.15, -0.1) is 0 Å². The van der Waals surface area contributed by atoms with Gasteiger partial charge in [0.15, 0.2) is 0 Å². The van der Waals surface area contributed by atoms with Crippen molar-refractivity contribution in [3.8, 4) is 0 Å². The van der Waals surface area contributed by atoms with Crippen molar-refractivity contribution in [2.75, 3.05) is 33.2 Å². The third-order valence-electron chi connectivity index (χ3n) is 4.69. The molecule has 1 aromatic carbocycles. The zero-order valence-electron chi connectivity index (χ0n) is 14.7. The third kappa shape index (κ3) is 4.10. The molecule has 3 nitrogen and oxygen atoms in total. The number of likely N-dealkylation sites (tertiary alicyclic amines) is 1. The van der Waals surface area contributed by atoms with Gasteiger partial charge in [-0.05, 0) is 48.5 Å². The molecule has 0 saturated carbocycles. The summed E-state index contributed by atoms with van der Waals surface area (Å²) in [5.41, 5.74) is 2.18. The number of benzene rings is 1. The summed E-state index contributed by atoms with van der Waals surface area (Å²) < 4.78 is 0. The van der Waals surface area contributed by atoms with Crippen LogP contribution in [0.2, 0.25) is 0 Å². The molecule has 0 aromatic heterocycles. The van der Waals surface area contributed by atoms with Crippen LogP contribution in [0.4, 0.5) is 0 Å². The number of carbonyl (C=O) groups is 1. The zero-order valence-corrected chi connectivity index (χ0v) is 14.7. The van der Waals surface area contributed by atoms with Crippen molar-refractivity contribution < 1.29 is 4.79 Å². The molecule has 0 radical (unpaired) electrons. The average molecular weight is 302 g/mol. The second-order valence-corrected chi connectivity index (χ2v) is 7.56. The van der Waals surface area contributed by atoms with Gasteiger partial charge in [0.2, 0.25) is 0 Å². The molecule has 1 heterocycles. The Balaban J connectivity index is 1.96. The number of hydrogen-bond donors (Lipinski definition) is 0. The van der Waals surface area contributed by atoms with Gasteiger partial charge < -0.3 is 9.80 Å². The Kier molecular flexibility index (Phi) is 5.28. The van der Waals surface area contributed by atoms with Crippen LogP contribution in [-0.4, -0.2) is 48.9 Å². The van der Waals surface area contributed by atoms with E-state index >= 15 is 0 Å². The van der Waals surface area contributed by atoms with Crippen LogP contribution in [-0.2, 0) is 5.41 Å². The lowest BCUT2D eigenvalue weighted by Gasteiger charge is -2.23. The van der Waals surface area contributed by atoms with Crippen molar-refractivity contribution in [2.45, 2.75) is 39.5 Å². The predicted molar refractivity (Wildman–Crippen MR) is 92.3 cm³/mol. The Labute approximate surface area is 135 Å². The largest absolute Gasteiger partial charge is 0.341 e. The first-order valence-electron chi connectivity index (χ1n) is 8.39. The fraction of sp³-hybridized carbons (Fsp3) is 0.632. The van der Waals surface area contributed by atoms with Crippen LogP contribution in [0.5, 0.6) is 0 Å². The summed E-state index contributed by atoms with van der Waals surface area (Å²) in [6.45, 7) is 13.0. The van der Waals surface area contributed by atoms with E-state index in [4.69, 9.17) is 0 Å². The second-order valence-electron chi connectivity index (χ2n) is 7.56. The maximum absolute atomic E-state index is 12.6. The molecule has 1 unspecified atom stereocenters. The highest BCUT2D eigenvalue weighted by Gasteiger charge is 2.24. The van der Waals surface area contributed by atoms with Crippen LogP contribution >= 0.6 is 0 Å². The molecule has 1 amide bonds. The number of nitrogens with zero attached hydrogens (tertiary/aromatic N) is 2. The molecule has 0 spiro atoms. The van der Waals surface area contributed by atoms with Gasteiger partial charge >= 0.3 is 0 Å². The van der Waals surface area contributed by atoms with Gasteiger partial charge in [-0.3, -0.25) is 4.79 Å².